The molecule has 3 nitrogen and oxygen atoms in total. The Bertz CT molecular complexity index is 636. The molecule has 1 aliphatic heterocycles. The number of nitrogens with zero attached hydrogens (tertiary/aromatic N) is 1. The van der Waals surface area contributed by atoms with Crippen molar-refractivity contribution in [1.82, 2.24) is 0 Å². The summed E-state index contributed by atoms with van der Waals surface area (Å²) in [5.74, 6) is -0.125. The zero-order valence-corrected chi connectivity index (χ0v) is 11.1. The highest BCUT2D eigenvalue weighted by Gasteiger charge is 2.24. The maximum atomic E-state index is 12.3. The van der Waals surface area contributed by atoms with Gasteiger partial charge in [-0.3, -0.25) is 4.79 Å². The Balaban J connectivity index is 2.24. The first kappa shape index (κ1) is 11.8. The van der Waals surface area contributed by atoms with Crippen LogP contribution in [0, 0.1) is 0 Å². The molecule has 3 heteroatoms. The van der Waals surface area contributed by atoms with Crippen molar-refractivity contribution < 1.29 is 4.79 Å². The normalized spacial score (nSPS) is 17.9. The van der Waals surface area contributed by atoms with Gasteiger partial charge in [-0.05, 0) is 30.7 Å². The summed E-state index contributed by atoms with van der Waals surface area (Å²) in [4.78, 5) is 14.4. The average Bonchev–Trinajstić information content (AvgIpc) is 2.45. The van der Waals surface area contributed by atoms with E-state index in [9.17, 15) is 4.79 Å². The third-order valence-electron chi connectivity index (χ3n) is 3.68. The molecule has 2 aromatic rings. The van der Waals surface area contributed by atoms with Crippen molar-refractivity contribution in [2.75, 3.05) is 17.3 Å². The summed E-state index contributed by atoms with van der Waals surface area (Å²) in [5.41, 5.74) is 4.00. The molecular formula is C16H16N2O. The first-order chi connectivity index (χ1) is 9.18. The van der Waals surface area contributed by atoms with Crippen LogP contribution in [0.25, 0.3) is 0 Å². The summed E-state index contributed by atoms with van der Waals surface area (Å²) in [6.45, 7) is 1.94. The summed E-state index contributed by atoms with van der Waals surface area (Å²) < 4.78 is 0. The lowest BCUT2D eigenvalue weighted by atomic mass is 9.96. The van der Waals surface area contributed by atoms with Crippen LogP contribution in [0.1, 0.15) is 18.4 Å². The van der Waals surface area contributed by atoms with Crippen LogP contribution in [0.15, 0.2) is 48.5 Å². The smallest absolute Gasteiger partial charge is 0.231 e. The number of rotatable bonds is 0. The van der Waals surface area contributed by atoms with Crippen molar-refractivity contribution in [2.24, 2.45) is 0 Å². The monoisotopic (exact) mass is 252 g/mol. The number of anilines is 3. The largest absolute Gasteiger partial charge is 0.343 e. The lowest BCUT2D eigenvalue weighted by Crippen LogP contribution is -2.25. The van der Waals surface area contributed by atoms with Gasteiger partial charge in [0, 0.05) is 12.7 Å². The molecule has 1 atom stereocenters. The summed E-state index contributed by atoms with van der Waals surface area (Å²) in [6, 6.07) is 15.9. The Morgan fingerprint density at radius 1 is 1.00 bits per heavy atom. The van der Waals surface area contributed by atoms with Gasteiger partial charge in [0.15, 0.2) is 0 Å². The third-order valence-corrected chi connectivity index (χ3v) is 3.68. The van der Waals surface area contributed by atoms with Gasteiger partial charge in [-0.25, -0.2) is 0 Å². The van der Waals surface area contributed by atoms with Gasteiger partial charge in [0.05, 0.1) is 17.3 Å². The molecule has 1 amide bonds. The number of benzene rings is 2. The number of hydrogen-bond donors (Lipinski definition) is 1. The number of carbonyl (C=O) groups is 1. The van der Waals surface area contributed by atoms with Gasteiger partial charge in [0.1, 0.15) is 0 Å². The second-order valence-electron chi connectivity index (χ2n) is 4.85. The molecular weight excluding hydrogens is 236 g/mol. The number of fused-ring (bicyclic) bond motifs is 2. The number of amides is 1. The summed E-state index contributed by atoms with van der Waals surface area (Å²) in [7, 11) is 2.03. The molecule has 96 valence electrons. The SMILES string of the molecule is CC1C(=O)Nc2ccccc2N(C)c2ccccc21. The van der Waals surface area contributed by atoms with E-state index in [-0.39, 0.29) is 11.8 Å². The Labute approximate surface area is 112 Å². The van der Waals surface area contributed by atoms with Gasteiger partial charge in [0.25, 0.3) is 0 Å². The number of hydrogen-bond acceptors (Lipinski definition) is 2. The van der Waals surface area contributed by atoms with Crippen LogP contribution in [0.2, 0.25) is 0 Å². The Morgan fingerprint density at radius 3 is 2.42 bits per heavy atom. The number of nitrogens with one attached hydrogen (secondary N) is 1. The van der Waals surface area contributed by atoms with Crippen LogP contribution in [0.3, 0.4) is 0 Å². The molecule has 1 heterocycles. The molecule has 1 unspecified atom stereocenters. The fraction of sp³-hybridized carbons (Fsp3) is 0.188. The van der Waals surface area contributed by atoms with Crippen molar-refractivity contribution in [2.45, 2.75) is 12.8 Å². The predicted molar refractivity (Wildman–Crippen MR) is 78.0 cm³/mol. The van der Waals surface area contributed by atoms with E-state index < -0.39 is 0 Å². The Morgan fingerprint density at radius 2 is 1.63 bits per heavy atom. The van der Waals surface area contributed by atoms with Crippen LogP contribution in [-0.2, 0) is 4.79 Å². The van der Waals surface area contributed by atoms with Crippen molar-refractivity contribution >= 4 is 23.0 Å². The van der Waals surface area contributed by atoms with Gasteiger partial charge < -0.3 is 10.2 Å². The minimum Gasteiger partial charge on any atom is -0.343 e. The van der Waals surface area contributed by atoms with Crippen molar-refractivity contribution in [1.29, 1.82) is 0 Å². The van der Waals surface area contributed by atoms with E-state index in [1.807, 2.05) is 56.4 Å². The van der Waals surface area contributed by atoms with E-state index in [2.05, 4.69) is 16.3 Å². The van der Waals surface area contributed by atoms with E-state index >= 15 is 0 Å². The maximum Gasteiger partial charge on any atom is 0.231 e. The molecule has 0 aliphatic carbocycles. The van der Waals surface area contributed by atoms with Crippen LogP contribution in [-0.4, -0.2) is 13.0 Å². The topological polar surface area (TPSA) is 32.3 Å². The Kier molecular flexibility index (Phi) is 2.75. The minimum absolute atomic E-state index is 0.0352. The average molecular weight is 252 g/mol. The Hall–Kier alpha value is -2.29. The van der Waals surface area contributed by atoms with Crippen LogP contribution < -0.4 is 10.2 Å². The van der Waals surface area contributed by atoms with Crippen LogP contribution in [0.4, 0.5) is 17.1 Å². The molecule has 3 rings (SSSR count). The number of para-hydroxylation sites is 3. The van der Waals surface area contributed by atoms with E-state index in [0.29, 0.717) is 0 Å². The van der Waals surface area contributed by atoms with Gasteiger partial charge in [-0.2, -0.15) is 0 Å². The summed E-state index contributed by atoms with van der Waals surface area (Å²) in [5, 5.41) is 3.00. The number of carbonyl (C=O) groups excluding carboxylic acids is 1. The maximum absolute atomic E-state index is 12.3. The fourth-order valence-electron chi connectivity index (χ4n) is 2.54. The minimum atomic E-state index is -0.160. The van der Waals surface area contributed by atoms with Gasteiger partial charge in [0.2, 0.25) is 5.91 Å². The molecule has 0 saturated heterocycles. The van der Waals surface area contributed by atoms with Gasteiger partial charge in [-0.15, -0.1) is 0 Å². The lowest BCUT2D eigenvalue weighted by Gasteiger charge is -2.29. The highest BCUT2D eigenvalue weighted by atomic mass is 16.1. The molecule has 0 bridgehead atoms. The van der Waals surface area contributed by atoms with E-state index in [1.165, 1.54) is 0 Å². The molecule has 0 spiro atoms. The molecule has 2 aromatic carbocycles. The highest BCUT2D eigenvalue weighted by molar-refractivity contribution is 6.01. The molecule has 1 aliphatic rings. The highest BCUT2D eigenvalue weighted by Crippen LogP contribution is 2.38. The van der Waals surface area contributed by atoms with E-state index in [1.54, 1.807) is 0 Å². The predicted octanol–water partition coefficient (Wildman–Crippen LogP) is 3.51. The fourth-order valence-corrected chi connectivity index (χ4v) is 2.54. The van der Waals surface area contributed by atoms with Gasteiger partial charge in [-0.1, -0.05) is 30.3 Å². The van der Waals surface area contributed by atoms with Crippen molar-refractivity contribution in [3.63, 3.8) is 0 Å². The molecule has 19 heavy (non-hydrogen) atoms. The van der Waals surface area contributed by atoms with Crippen LogP contribution in [0.5, 0.6) is 0 Å². The quantitative estimate of drug-likeness (QED) is 0.778. The standard InChI is InChI=1S/C16H16N2O/c1-11-12-7-3-5-9-14(12)18(2)15-10-6-4-8-13(15)17-16(11)19/h3-11H,1-2H3,(H,17,19). The second kappa shape index (κ2) is 4.43. The molecule has 0 fully saturated rings. The zero-order valence-electron chi connectivity index (χ0n) is 11.1. The van der Waals surface area contributed by atoms with Gasteiger partial charge >= 0.3 is 0 Å². The third kappa shape index (κ3) is 1.87. The molecule has 0 saturated carbocycles. The second-order valence-corrected chi connectivity index (χ2v) is 4.85. The van der Waals surface area contributed by atoms with E-state index in [0.717, 1.165) is 22.6 Å². The van der Waals surface area contributed by atoms with Crippen molar-refractivity contribution in [3.8, 4) is 0 Å². The first-order valence-corrected chi connectivity index (χ1v) is 6.41. The van der Waals surface area contributed by atoms with Crippen molar-refractivity contribution in [3.05, 3.63) is 54.1 Å². The zero-order chi connectivity index (χ0) is 13.4. The van der Waals surface area contributed by atoms with E-state index in [4.69, 9.17) is 0 Å². The molecule has 1 N–H and O–H groups in total. The van der Waals surface area contributed by atoms with Crippen LogP contribution >= 0.6 is 0 Å². The summed E-state index contributed by atoms with van der Waals surface area (Å²) >= 11 is 0. The molecule has 0 radical (unpaired) electrons. The summed E-state index contributed by atoms with van der Waals surface area (Å²) in [6.07, 6.45) is 0. The lowest BCUT2D eigenvalue weighted by molar-refractivity contribution is -0.117. The molecule has 0 aromatic heterocycles. The first-order valence-electron chi connectivity index (χ1n) is 6.41.